The van der Waals surface area contributed by atoms with E-state index >= 15 is 0 Å². The molecule has 1 fully saturated rings. The molecule has 1 aliphatic heterocycles. The maximum atomic E-state index is 4.20. The van der Waals surface area contributed by atoms with Crippen molar-refractivity contribution in [2.75, 3.05) is 13.1 Å². The van der Waals surface area contributed by atoms with Crippen molar-refractivity contribution < 1.29 is 0 Å². The molecule has 0 bridgehead atoms. The number of hydrogen-bond acceptors (Lipinski definition) is 2. The third-order valence-electron chi connectivity index (χ3n) is 5.02. The summed E-state index contributed by atoms with van der Waals surface area (Å²) >= 11 is 0. The highest BCUT2D eigenvalue weighted by Crippen LogP contribution is 2.23. The zero-order valence-electron chi connectivity index (χ0n) is 15.0. The Balaban J connectivity index is 1.36. The average molecular weight is 340 g/mol. The van der Waals surface area contributed by atoms with Crippen molar-refractivity contribution >= 4 is 6.08 Å². The third kappa shape index (κ3) is 4.27. The molecule has 0 aliphatic carbocycles. The second-order valence-electron chi connectivity index (χ2n) is 6.93. The first-order valence-electron chi connectivity index (χ1n) is 9.33. The van der Waals surface area contributed by atoms with E-state index in [9.17, 15) is 0 Å². The second-order valence-corrected chi connectivity index (χ2v) is 6.93. The highest BCUT2D eigenvalue weighted by Gasteiger charge is 2.13. The number of nitrogens with zero attached hydrogens (tertiary/aromatic N) is 2. The van der Waals surface area contributed by atoms with Gasteiger partial charge in [0.2, 0.25) is 0 Å². The minimum atomic E-state index is 1.06. The summed E-state index contributed by atoms with van der Waals surface area (Å²) in [5, 5.41) is 0. The summed E-state index contributed by atoms with van der Waals surface area (Å²) in [5.41, 5.74) is 6.65. The number of hydrogen-bond donors (Lipinski definition) is 0. The normalized spacial score (nSPS) is 15.0. The monoisotopic (exact) mass is 340 g/mol. The predicted octanol–water partition coefficient (Wildman–Crippen LogP) is 5.43. The maximum Gasteiger partial charge on any atom is 0.0346 e. The number of piperidine rings is 1. The Labute approximate surface area is 155 Å². The van der Waals surface area contributed by atoms with Crippen LogP contribution in [-0.4, -0.2) is 23.0 Å². The van der Waals surface area contributed by atoms with Crippen LogP contribution >= 0.6 is 0 Å². The van der Waals surface area contributed by atoms with Gasteiger partial charge in [0.05, 0.1) is 0 Å². The van der Waals surface area contributed by atoms with Crippen LogP contribution < -0.4 is 0 Å². The summed E-state index contributed by atoms with van der Waals surface area (Å²) in [4.78, 5) is 6.75. The van der Waals surface area contributed by atoms with Crippen LogP contribution in [0.5, 0.6) is 0 Å². The Hall–Kier alpha value is -2.71. The number of benzene rings is 2. The molecule has 2 heteroatoms. The van der Waals surface area contributed by atoms with Crippen molar-refractivity contribution in [2.45, 2.75) is 19.4 Å². The van der Waals surface area contributed by atoms with Gasteiger partial charge >= 0.3 is 0 Å². The van der Waals surface area contributed by atoms with E-state index in [1.807, 2.05) is 18.5 Å². The van der Waals surface area contributed by atoms with E-state index in [0.29, 0.717) is 0 Å². The van der Waals surface area contributed by atoms with Crippen LogP contribution in [0.4, 0.5) is 0 Å². The van der Waals surface area contributed by atoms with Gasteiger partial charge in [-0.15, -0.1) is 0 Å². The first-order chi connectivity index (χ1) is 12.9. The Morgan fingerprint density at radius 1 is 0.808 bits per heavy atom. The summed E-state index contributed by atoms with van der Waals surface area (Å²) in [5.74, 6) is 0. The summed E-state index contributed by atoms with van der Waals surface area (Å²) in [6.07, 6.45) is 8.42. The van der Waals surface area contributed by atoms with Gasteiger partial charge in [-0.1, -0.05) is 72.3 Å². The molecule has 26 heavy (non-hydrogen) atoms. The maximum absolute atomic E-state index is 4.20. The van der Waals surface area contributed by atoms with Gasteiger partial charge in [-0.2, -0.15) is 0 Å². The molecule has 0 atom stereocenters. The minimum Gasteiger partial charge on any atom is -0.298 e. The average Bonchev–Trinajstić information content (AvgIpc) is 2.72. The van der Waals surface area contributed by atoms with Gasteiger partial charge in [-0.05, 0) is 41.2 Å². The van der Waals surface area contributed by atoms with Gasteiger partial charge in [0.1, 0.15) is 0 Å². The fourth-order valence-corrected chi connectivity index (χ4v) is 3.53. The lowest BCUT2D eigenvalue weighted by atomic mass is 9.99. The van der Waals surface area contributed by atoms with Crippen molar-refractivity contribution in [3.63, 3.8) is 0 Å². The molecule has 1 aromatic heterocycles. The van der Waals surface area contributed by atoms with E-state index in [0.717, 1.165) is 32.5 Å². The Morgan fingerprint density at radius 2 is 1.58 bits per heavy atom. The van der Waals surface area contributed by atoms with Gasteiger partial charge in [0, 0.05) is 32.0 Å². The zero-order chi connectivity index (χ0) is 17.6. The summed E-state index contributed by atoms with van der Waals surface area (Å²) in [7, 11) is 0. The zero-order valence-corrected chi connectivity index (χ0v) is 15.0. The van der Waals surface area contributed by atoms with Crippen LogP contribution in [0, 0.1) is 0 Å². The Kier molecular flexibility index (Phi) is 5.22. The molecule has 0 N–H and O–H groups in total. The number of rotatable bonds is 4. The third-order valence-corrected chi connectivity index (χ3v) is 5.02. The van der Waals surface area contributed by atoms with Crippen molar-refractivity contribution in [1.29, 1.82) is 0 Å². The molecule has 1 aliphatic rings. The fraction of sp³-hybridized carbons (Fsp3) is 0.208. The molecule has 0 unspecified atom stereocenters. The van der Waals surface area contributed by atoms with Crippen LogP contribution in [0.3, 0.4) is 0 Å². The highest BCUT2D eigenvalue weighted by molar-refractivity contribution is 5.65. The standard InChI is InChI=1S/C24H24N2/c1-2-5-22(6-3-1)19-26-15-12-21(13-16-26)17-20-8-10-23(11-9-20)24-7-4-14-25-18-24/h1-11,14,17-18H,12-13,15-16,19H2. The van der Waals surface area contributed by atoms with Gasteiger partial charge < -0.3 is 0 Å². The number of pyridine rings is 1. The van der Waals surface area contributed by atoms with Crippen molar-refractivity contribution in [1.82, 2.24) is 9.88 Å². The van der Waals surface area contributed by atoms with E-state index < -0.39 is 0 Å². The molecule has 0 amide bonds. The molecule has 2 heterocycles. The minimum absolute atomic E-state index is 1.06. The molecule has 130 valence electrons. The molecule has 1 saturated heterocycles. The van der Waals surface area contributed by atoms with E-state index in [1.54, 1.807) is 5.57 Å². The van der Waals surface area contributed by atoms with E-state index in [1.165, 1.54) is 22.3 Å². The lowest BCUT2D eigenvalue weighted by molar-refractivity contribution is 0.249. The van der Waals surface area contributed by atoms with Crippen molar-refractivity contribution in [2.24, 2.45) is 0 Å². The van der Waals surface area contributed by atoms with E-state index in [-0.39, 0.29) is 0 Å². The molecule has 4 rings (SSSR count). The van der Waals surface area contributed by atoms with Crippen molar-refractivity contribution in [3.8, 4) is 11.1 Å². The molecule has 3 aromatic rings. The Bertz CT molecular complexity index is 842. The fourth-order valence-electron chi connectivity index (χ4n) is 3.53. The van der Waals surface area contributed by atoms with Crippen LogP contribution in [0.1, 0.15) is 24.0 Å². The first kappa shape index (κ1) is 16.7. The highest BCUT2D eigenvalue weighted by atomic mass is 15.1. The van der Waals surface area contributed by atoms with Crippen LogP contribution in [-0.2, 0) is 6.54 Å². The van der Waals surface area contributed by atoms with E-state index in [4.69, 9.17) is 0 Å². The second kappa shape index (κ2) is 8.11. The first-order valence-corrected chi connectivity index (χ1v) is 9.33. The summed E-state index contributed by atoms with van der Waals surface area (Å²) in [6.45, 7) is 3.36. The van der Waals surface area contributed by atoms with Gasteiger partial charge in [0.25, 0.3) is 0 Å². The van der Waals surface area contributed by atoms with Crippen LogP contribution in [0.15, 0.2) is 84.7 Å². The van der Waals surface area contributed by atoms with E-state index in [2.05, 4.69) is 76.6 Å². The lowest BCUT2D eigenvalue weighted by Gasteiger charge is -2.28. The smallest absolute Gasteiger partial charge is 0.0346 e. The van der Waals surface area contributed by atoms with Crippen LogP contribution in [0.2, 0.25) is 0 Å². The Morgan fingerprint density at radius 3 is 2.27 bits per heavy atom. The summed E-state index contributed by atoms with van der Waals surface area (Å²) in [6, 6.07) is 23.7. The largest absolute Gasteiger partial charge is 0.298 e. The molecule has 2 aromatic carbocycles. The lowest BCUT2D eigenvalue weighted by Crippen LogP contribution is -2.30. The number of likely N-dealkylation sites (tertiary alicyclic amines) is 1. The molecular weight excluding hydrogens is 316 g/mol. The van der Waals surface area contributed by atoms with Gasteiger partial charge in [-0.3, -0.25) is 9.88 Å². The topological polar surface area (TPSA) is 16.1 Å². The molecular formula is C24H24N2. The molecule has 0 spiro atoms. The molecule has 0 saturated carbocycles. The van der Waals surface area contributed by atoms with Gasteiger partial charge in [-0.25, -0.2) is 0 Å². The van der Waals surface area contributed by atoms with Crippen LogP contribution in [0.25, 0.3) is 17.2 Å². The quantitative estimate of drug-likeness (QED) is 0.630. The molecule has 2 nitrogen and oxygen atoms in total. The molecule has 0 radical (unpaired) electrons. The predicted molar refractivity (Wildman–Crippen MR) is 109 cm³/mol. The van der Waals surface area contributed by atoms with Crippen molar-refractivity contribution in [3.05, 3.63) is 95.8 Å². The van der Waals surface area contributed by atoms with Gasteiger partial charge in [0.15, 0.2) is 0 Å². The number of aromatic nitrogens is 1. The summed E-state index contributed by atoms with van der Waals surface area (Å²) < 4.78 is 0. The SMILES string of the molecule is C(=C1CCN(Cc2ccccc2)CC1)c1ccc(-c2cccnc2)cc1.